The van der Waals surface area contributed by atoms with E-state index < -0.39 is 23.6 Å². The van der Waals surface area contributed by atoms with Gasteiger partial charge in [-0.1, -0.05) is 12.1 Å². The van der Waals surface area contributed by atoms with Crippen LogP contribution in [0.3, 0.4) is 0 Å². The Morgan fingerprint density at radius 2 is 1.86 bits per heavy atom. The average molecular weight is 702 g/mol. The number of halogens is 4. The highest BCUT2D eigenvalue weighted by Crippen LogP contribution is 2.35. The van der Waals surface area contributed by atoms with E-state index in [1.807, 2.05) is 19.1 Å². The predicted octanol–water partition coefficient (Wildman–Crippen LogP) is 3.54. The summed E-state index contributed by atoms with van der Waals surface area (Å²) in [6.07, 6.45) is -1.20. The fourth-order valence-corrected chi connectivity index (χ4v) is 5.91. The molecule has 0 amide bonds. The van der Waals surface area contributed by atoms with Crippen molar-refractivity contribution in [2.45, 2.75) is 57.6 Å². The minimum absolute atomic E-state index is 0.0443. The van der Waals surface area contributed by atoms with Gasteiger partial charge in [-0.15, -0.1) is 13.2 Å². The fourth-order valence-electron chi connectivity index (χ4n) is 5.91. The first-order valence-electron chi connectivity index (χ1n) is 16.5. The van der Waals surface area contributed by atoms with Crippen molar-refractivity contribution in [3.05, 3.63) is 76.1 Å². The third-order valence-corrected chi connectivity index (χ3v) is 8.35. The molecule has 2 aromatic carbocycles. The van der Waals surface area contributed by atoms with E-state index in [0.717, 1.165) is 37.7 Å². The normalized spacial score (nSPS) is 15.2. The maximum Gasteiger partial charge on any atom is 0.573 e. The van der Waals surface area contributed by atoms with E-state index in [1.54, 1.807) is 18.3 Å². The molecule has 0 unspecified atom stereocenters. The first kappa shape index (κ1) is 36.8. The van der Waals surface area contributed by atoms with Gasteiger partial charge in [-0.25, -0.2) is 14.2 Å². The Morgan fingerprint density at radius 3 is 2.54 bits per heavy atom. The van der Waals surface area contributed by atoms with Crippen molar-refractivity contribution in [3.63, 3.8) is 0 Å². The number of aliphatic imine (C=N–C) groups is 1. The molecule has 8 N–H and O–H groups in total. The van der Waals surface area contributed by atoms with Crippen LogP contribution in [0.1, 0.15) is 37.3 Å². The van der Waals surface area contributed by atoms with Crippen LogP contribution in [0.15, 0.2) is 58.4 Å². The number of hydrogen-bond acceptors (Lipinski definition) is 8. The van der Waals surface area contributed by atoms with Gasteiger partial charge >= 0.3 is 12.1 Å². The minimum Gasteiger partial charge on any atom is -0.403 e. The lowest BCUT2D eigenvalue weighted by molar-refractivity contribution is -0.275. The van der Waals surface area contributed by atoms with Crippen molar-refractivity contribution in [1.82, 2.24) is 24.8 Å². The number of aryl methyl sites for hydroxylation is 1. The van der Waals surface area contributed by atoms with Crippen LogP contribution in [-0.2, 0) is 17.7 Å². The van der Waals surface area contributed by atoms with Crippen LogP contribution in [0.5, 0.6) is 5.75 Å². The number of guanidine groups is 1. The molecule has 3 heterocycles. The lowest BCUT2D eigenvalue weighted by atomic mass is 10.0. The number of ether oxygens (including phenoxy) is 2. The number of hydrogen-bond donors (Lipinski definition) is 5. The number of alkyl halides is 3. The molecule has 5 rings (SSSR count). The Balaban J connectivity index is 1.28. The number of morpholine rings is 1. The van der Waals surface area contributed by atoms with Crippen LogP contribution >= 0.6 is 0 Å². The van der Waals surface area contributed by atoms with Gasteiger partial charge in [-0.3, -0.25) is 9.47 Å². The number of aromatic amines is 1. The van der Waals surface area contributed by atoms with Crippen molar-refractivity contribution in [2.75, 3.05) is 39.4 Å². The van der Waals surface area contributed by atoms with E-state index in [1.165, 1.54) is 16.7 Å². The van der Waals surface area contributed by atoms with Gasteiger partial charge in [0.15, 0.2) is 17.5 Å². The Bertz CT molecular complexity index is 1810. The Kier molecular flexibility index (Phi) is 12.1. The number of aromatic nitrogens is 3. The van der Waals surface area contributed by atoms with Gasteiger partial charge in [0.1, 0.15) is 5.65 Å². The molecule has 12 nitrogen and oxygen atoms in total. The molecule has 1 aliphatic heterocycles. The lowest BCUT2D eigenvalue weighted by Gasteiger charge is -2.29. The van der Waals surface area contributed by atoms with Gasteiger partial charge in [0.05, 0.1) is 30.6 Å². The maximum atomic E-state index is 15.4. The largest absolute Gasteiger partial charge is 0.573 e. The predicted molar refractivity (Wildman–Crippen MR) is 184 cm³/mol. The molecule has 16 heteroatoms. The van der Waals surface area contributed by atoms with Crippen molar-refractivity contribution in [3.8, 4) is 22.7 Å². The topological polar surface area (TPSA) is 175 Å². The summed E-state index contributed by atoms with van der Waals surface area (Å²) < 4.78 is 65.6. The quantitative estimate of drug-likeness (QED) is 0.0538. The van der Waals surface area contributed by atoms with E-state index in [0.29, 0.717) is 62.2 Å². The molecule has 0 bridgehead atoms. The van der Waals surface area contributed by atoms with Crippen molar-refractivity contribution in [1.29, 1.82) is 0 Å². The zero-order chi connectivity index (χ0) is 35.8. The van der Waals surface area contributed by atoms with Gasteiger partial charge in [0, 0.05) is 49.4 Å². The summed E-state index contributed by atoms with van der Waals surface area (Å²) in [5.74, 6) is -2.06. The monoisotopic (exact) mass is 701 g/mol. The number of H-pyrrole nitrogens is 1. The average Bonchev–Trinajstić information content (AvgIpc) is 3.46. The van der Waals surface area contributed by atoms with Crippen LogP contribution in [0.2, 0.25) is 0 Å². The Labute approximate surface area is 286 Å². The maximum absolute atomic E-state index is 15.4. The Morgan fingerprint density at radius 1 is 1.12 bits per heavy atom. The summed E-state index contributed by atoms with van der Waals surface area (Å²) in [7, 11) is 0. The third kappa shape index (κ3) is 10.3. The van der Waals surface area contributed by atoms with Crippen LogP contribution in [0, 0.1) is 5.82 Å². The molecule has 2 atom stereocenters. The van der Waals surface area contributed by atoms with Gasteiger partial charge in [0.2, 0.25) is 0 Å². The second-order valence-corrected chi connectivity index (χ2v) is 12.5. The van der Waals surface area contributed by atoms with Gasteiger partial charge in [0.25, 0.3) is 0 Å². The van der Waals surface area contributed by atoms with E-state index >= 15 is 4.39 Å². The number of nitrogens with zero attached hydrogens (tertiary/aromatic N) is 4. The Hall–Kier alpha value is -4.51. The first-order valence-corrected chi connectivity index (χ1v) is 16.5. The summed E-state index contributed by atoms with van der Waals surface area (Å²) >= 11 is 0. The number of nitrogens with two attached hydrogens (primary N) is 3. The number of benzene rings is 2. The molecular formula is C34H43F4N9O3. The molecule has 0 aliphatic carbocycles. The summed E-state index contributed by atoms with van der Waals surface area (Å²) in [5, 5.41) is 3.87. The standard InChI is InChI=1S/C34H43F4N9O3/c1-21(39)3-2-4-23-15-27(30(35)29(16-23)50-34(36,37)38)28-17-24-19-47(33(48)45-31(24)44-28)26-7-5-22(6-8-26)18-42-10-9-25(43-32(40)41)20-46-11-13-49-14-12-46/h5-8,15-17,19,21,25,42H,2-4,9-14,18,20,39H2,1H3,(H4,40,41,43)(H,44,45,48)/t21-,25+/m0/s1. The van der Waals surface area contributed by atoms with Crippen molar-refractivity contribution < 1.29 is 27.0 Å². The van der Waals surface area contributed by atoms with E-state index in [-0.39, 0.29) is 34.9 Å². The first-order chi connectivity index (χ1) is 23.8. The molecule has 0 radical (unpaired) electrons. The van der Waals surface area contributed by atoms with E-state index in [2.05, 4.69) is 29.9 Å². The van der Waals surface area contributed by atoms with Crippen molar-refractivity contribution >= 4 is 17.0 Å². The molecule has 4 aromatic rings. The van der Waals surface area contributed by atoms with Crippen LogP contribution < -0.4 is 32.9 Å². The second kappa shape index (κ2) is 16.5. The number of nitrogens with one attached hydrogen (secondary N) is 2. The third-order valence-electron chi connectivity index (χ3n) is 8.35. The SMILES string of the molecule is C[C@H](N)CCCc1cc(OC(F)(F)F)c(F)c(-c2cc3cn(-c4ccc(CNCC[C@H](CN5CCOCC5)N=C(N)N)cc4)c(=O)nc3[nH]2)c1. The zero-order valence-corrected chi connectivity index (χ0v) is 27.8. The van der Waals surface area contributed by atoms with Crippen LogP contribution in [-0.4, -0.2) is 83.2 Å². The van der Waals surface area contributed by atoms with E-state index in [9.17, 15) is 18.0 Å². The molecule has 0 saturated carbocycles. The molecule has 50 heavy (non-hydrogen) atoms. The zero-order valence-electron chi connectivity index (χ0n) is 27.8. The van der Waals surface area contributed by atoms with Gasteiger partial charge < -0.3 is 37.0 Å². The molecule has 270 valence electrons. The molecule has 2 aromatic heterocycles. The van der Waals surface area contributed by atoms with Crippen LogP contribution in [0.25, 0.3) is 28.0 Å². The summed E-state index contributed by atoms with van der Waals surface area (Å²) in [6.45, 7) is 6.92. The summed E-state index contributed by atoms with van der Waals surface area (Å²) in [4.78, 5) is 26.7. The lowest BCUT2D eigenvalue weighted by Crippen LogP contribution is -2.42. The molecular weight excluding hydrogens is 658 g/mol. The minimum atomic E-state index is -5.08. The number of rotatable bonds is 15. The van der Waals surface area contributed by atoms with Gasteiger partial charge in [-0.2, -0.15) is 4.98 Å². The summed E-state index contributed by atoms with van der Waals surface area (Å²) in [5.41, 5.74) is 18.7. The highest BCUT2D eigenvalue weighted by Gasteiger charge is 2.33. The molecule has 1 fully saturated rings. The fraction of sp³-hybridized carbons (Fsp3) is 0.441. The van der Waals surface area contributed by atoms with Crippen molar-refractivity contribution in [2.24, 2.45) is 22.2 Å². The smallest absolute Gasteiger partial charge is 0.403 e. The number of fused-ring (bicyclic) bond motifs is 1. The second-order valence-electron chi connectivity index (χ2n) is 12.5. The highest BCUT2D eigenvalue weighted by molar-refractivity contribution is 5.83. The van der Waals surface area contributed by atoms with Gasteiger partial charge in [-0.05, 0) is 80.6 Å². The molecule has 1 saturated heterocycles. The van der Waals surface area contributed by atoms with E-state index in [4.69, 9.17) is 21.9 Å². The summed E-state index contributed by atoms with van der Waals surface area (Å²) in [6, 6.07) is 11.3. The highest BCUT2D eigenvalue weighted by atomic mass is 19.4. The molecule has 1 aliphatic rings. The molecule has 0 spiro atoms. The van der Waals surface area contributed by atoms with Crippen LogP contribution in [0.4, 0.5) is 17.6 Å².